The molecule has 0 aliphatic heterocycles. The average molecular weight is 209 g/mol. The van der Waals surface area contributed by atoms with Crippen molar-refractivity contribution in [3.05, 3.63) is 35.6 Å². The van der Waals surface area contributed by atoms with Gasteiger partial charge in [-0.1, -0.05) is 12.1 Å². The SMILES string of the molecule is CC(C)NC(=O)CCc1ccc(F)cc1. The number of rotatable bonds is 4. The van der Waals surface area contributed by atoms with E-state index >= 15 is 0 Å². The molecule has 0 unspecified atom stereocenters. The van der Waals surface area contributed by atoms with Gasteiger partial charge < -0.3 is 5.32 Å². The molecule has 3 heteroatoms. The first kappa shape index (κ1) is 11.7. The molecular weight excluding hydrogens is 193 g/mol. The molecule has 0 bridgehead atoms. The summed E-state index contributed by atoms with van der Waals surface area (Å²) in [5.74, 6) is -0.209. The van der Waals surface area contributed by atoms with Crippen LogP contribution in [0.3, 0.4) is 0 Å². The molecule has 0 saturated carbocycles. The van der Waals surface area contributed by atoms with Crippen LogP contribution in [0.1, 0.15) is 25.8 Å². The summed E-state index contributed by atoms with van der Waals surface area (Å²) < 4.78 is 12.6. The van der Waals surface area contributed by atoms with Gasteiger partial charge in [0.05, 0.1) is 0 Å². The smallest absolute Gasteiger partial charge is 0.220 e. The fourth-order valence-electron chi connectivity index (χ4n) is 1.30. The minimum atomic E-state index is -0.245. The van der Waals surface area contributed by atoms with Crippen molar-refractivity contribution in [2.45, 2.75) is 32.7 Å². The summed E-state index contributed by atoms with van der Waals surface area (Å²) in [4.78, 5) is 11.3. The fraction of sp³-hybridized carbons (Fsp3) is 0.417. The summed E-state index contributed by atoms with van der Waals surface area (Å²) >= 11 is 0. The molecule has 2 nitrogen and oxygen atoms in total. The summed E-state index contributed by atoms with van der Waals surface area (Å²) in [5.41, 5.74) is 0.982. The lowest BCUT2D eigenvalue weighted by molar-refractivity contribution is -0.121. The number of halogens is 1. The molecule has 1 amide bonds. The highest BCUT2D eigenvalue weighted by atomic mass is 19.1. The standard InChI is InChI=1S/C12H16FNO/c1-9(2)14-12(15)8-5-10-3-6-11(13)7-4-10/h3-4,6-7,9H,5,8H2,1-2H3,(H,14,15). The van der Waals surface area contributed by atoms with Gasteiger partial charge in [0.15, 0.2) is 0 Å². The predicted octanol–water partition coefficient (Wildman–Crippen LogP) is 2.28. The van der Waals surface area contributed by atoms with Crippen molar-refractivity contribution in [1.29, 1.82) is 0 Å². The minimum absolute atomic E-state index is 0.0364. The van der Waals surface area contributed by atoms with Gasteiger partial charge in [-0.2, -0.15) is 0 Å². The van der Waals surface area contributed by atoms with E-state index < -0.39 is 0 Å². The highest BCUT2D eigenvalue weighted by molar-refractivity contribution is 5.76. The summed E-state index contributed by atoms with van der Waals surface area (Å²) in [6.45, 7) is 3.85. The molecule has 1 aromatic carbocycles. The maximum absolute atomic E-state index is 12.6. The van der Waals surface area contributed by atoms with Crippen LogP contribution < -0.4 is 5.32 Å². The van der Waals surface area contributed by atoms with Gasteiger partial charge in [0.25, 0.3) is 0 Å². The number of hydrogen-bond donors (Lipinski definition) is 1. The zero-order chi connectivity index (χ0) is 11.3. The average Bonchev–Trinajstić information content (AvgIpc) is 2.16. The van der Waals surface area contributed by atoms with Crippen LogP contribution in [0.25, 0.3) is 0 Å². The highest BCUT2D eigenvalue weighted by Gasteiger charge is 2.03. The van der Waals surface area contributed by atoms with Crippen LogP contribution in [0.15, 0.2) is 24.3 Å². The van der Waals surface area contributed by atoms with E-state index in [1.54, 1.807) is 12.1 Å². The van der Waals surface area contributed by atoms with Gasteiger partial charge in [0.2, 0.25) is 5.91 Å². The van der Waals surface area contributed by atoms with Crippen LogP contribution in [0, 0.1) is 5.82 Å². The Kier molecular flexibility index (Phi) is 4.28. The van der Waals surface area contributed by atoms with Gasteiger partial charge in [-0.25, -0.2) is 4.39 Å². The van der Waals surface area contributed by atoms with E-state index in [1.165, 1.54) is 12.1 Å². The van der Waals surface area contributed by atoms with Crippen molar-refractivity contribution in [2.24, 2.45) is 0 Å². The van der Waals surface area contributed by atoms with Crippen molar-refractivity contribution in [3.8, 4) is 0 Å². The Balaban J connectivity index is 2.37. The third-order valence-corrected chi connectivity index (χ3v) is 2.00. The summed E-state index contributed by atoms with van der Waals surface area (Å²) in [6, 6.07) is 6.41. The molecule has 1 rings (SSSR count). The van der Waals surface area contributed by atoms with Crippen molar-refractivity contribution < 1.29 is 9.18 Å². The van der Waals surface area contributed by atoms with E-state index in [0.29, 0.717) is 12.8 Å². The van der Waals surface area contributed by atoms with E-state index in [4.69, 9.17) is 0 Å². The van der Waals surface area contributed by atoms with Gasteiger partial charge in [0, 0.05) is 12.5 Å². The van der Waals surface area contributed by atoms with Gasteiger partial charge in [-0.15, -0.1) is 0 Å². The lowest BCUT2D eigenvalue weighted by atomic mass is 10.1. The fourth-order valence-corrected chi connectivity index (χ4v) is 1.30. The lowest BCUT2D eigenvalue weighted by Gasteiger charge is -2.07. The quantitative estimate of drug-likeness (QED) is 0.809. The van der Waals surface area contributed by atoms with E-state index in [1.807, 2.05) is 13.8 Å². The largest absolute Gasteiger partial charge is 0.354 e. The summed E-state index contributed by atoms with van der Waals surface area (Å²) in [7, 11) is 0. The molecule has 15 heavy (non-hydrogen) atoms. The molecule has 1 aromatic rings. The van der Waals surface area contributed by atoms with E-state index in [9.17, 15) is 9.18 Å². The number of amides is 1. The Labute approximate surface area is 89.5 Å². The first-order valence-corrected chi connectivity index (χ1v) is 5.11. The normalized spacial score (nSPS) is 10.4. The molecule has 1 N–H and O–H groups in total. The predicted molar refractivity (Wildman–Crippen MR) is 58.0 cm³/mol. The van der Waals surface area contributed by atoms with Crippen LogP contribution in [0.5, 0.6) is 0 Å². The minimum Gasteiger partial charge on any atom is -0.354 e. The first-order valence-electron chi connectivity index (χ1n) is 5.11. The van der Waals surface area contributed by atoms with Crippen LogP contribution in [-0.2, 0) is 11.2 Å². The molecule has 82 valence electrons. The molecule has 0 aliphatic rings. The Hall–Kier alpha value is -1.38. The number of benzene rings is 1. The molecule has 0 radical (unpaired) electrons. The van der Waals surface area contributed by atoms with Gasteiger partial charge in [0.1, 0.15) is 5.82 Å². The van der Waals surface area contributed by atoms with E-state index in [0.717, 1.165) is 5.56 Å². The topological polar surface area (TPSA) is 29.1 Å². The molecule has 0 aromatic heterocycles. The van der Waals surface area contributed by atoms with Crippen LogP contribution in [0.2, 0.25) is 0 Å². The second-order valence-corrected chi connectivity index (χ2v) is 3.85. The van der Waals surface area contributed by atoms with E-state index in [2.05, 4.69) is 5.32 Å². The van der Waals surface area contributed by atoms with Crippen molar-refractivity contribution in [1.82, 2.24) is 5.32 Å². The Morgan fingerprint density at radius 1 is 1.33 bits per heavy atom. The lowest BCUT2D eigenvalue weighted by Crippen LogP contribution is -2.30. The van der Waals surface area contributed by atoms with Gasteiger partial charge in [-0.05, 0) is 38.0 Å². The number of carbonyl (C=O) groups is 1. The summed E-state index contributed by atoms with van der Waals surface area (Å²) in [6.07, 6.45) is 1.10. The monoisotopic (exact) mass is 209 g/mol. The zero-order valence-electron chi connectivity index (χ0n) is 9.09. The Morgan fingerprint density at radius 2 is 1.93 bits per heavy atom. The second kappa shape index (κ2) is 5.49. The third-order valence-electron chi connectivity index (χ3n) is 2.00. The number of aryl methyl sites for hydroxylation is 1. The molecular formula is C12H16FNO. The second-order valence-electron chi connectivity index (χ2n) is 3.85. The van der Waals surface area contributed by atoms with Crippen molar-refractivity contribution in [3.63, 3.8) is 0 Å². The van der Waals surface area contributed by atoms with Crippen molar-refractivity contribution >= 4 is 5.91 Å². The summed E-state index contributed by atoms with van der Waals surface area (Å²) in [5, 5.41) is 2.81. The molecule has 0 atom stereocenters. The molecule has 0 spiro atoms. The Bertz CT molecular complexity index is 319. The number of hydrogen-bond acceptors (Lipinski definition) is 1. The molecule has 0 saturated heterocycles. The first-order chi connectivity index (χ1) is 7.08. The van der Waals surface area contributed by atoms with Gasteiger partial charge in [-0.3, -0.25) is 4.79 Å². The zero-order valence-corrected chi connectivity index (χ0v) is 9.09. The van der Waals surface area contributed by atoms with Crippen LogP contribution in [0.4, 0.5) is 4.39 Å². The van der Waals surface area contributed by atoms with Crippen LogP contribution >= 0.6 is 0 Å². The number of carbonyl (C=O) groups excluding carboxylic acids is 1. The van der Waals surface area contributed by atoms with E-state index in [-0.39, 0.29) is 17.8 Å². The maximum atomic E-state index is 12.6. The van der Waals surface area contributed by atoms with Gasteiger partial charge >= 0.3 is 0 Å². The maximum Gasteiger partial charge on any atom is 0.220 e. The molecule has 0 fully saturated rings. The number of nitrogens with one attached hydrogen (secondary N) is 1. The highest BCUT2D eigenvalue weighted by Crippen LogP contribution is 2.05. The molecule has 0 aliphatic carbocycles. The molecule has 0 heterocycles. The third kappa shape index (κ3) is 4.58. The Morgan fingerprint density at radius 3 is 2.47 bits per heavy atom. The van der Waals surface area contributed by atoms with Crippen LogP contribution in [-0.4, -0.2) is 11.9 Å². The van der Waals surface area contributed by atoms with Crippen molar-refractivity contribution in [2.75, 3.05) is 0 Å².